The van der Waals surface area contributed by atoms with Gasteiger partial charge in [-0.2, -0.15) is 4.31 Å². The molecular formula is C23H26ClN3O3S. The molecule has 1 fully saturated rings. The molecule has 0 aromatic heterocycles. The number of hydrogen-bond acceptors (Lipinski definition) is 4. The number of carbonyl (C=O) groups excluding carboxylic acids is 1. The van der Waals surface area contributed by atoms with E-state index in [4.69, 9.17) is 0 Å². The van der Waals surface area contributed by atoms with E-state index in [1.165, 1.54) is 4.31 Å². The lowest BCUT2D eigenvalue weighted by atomic mass is 10.1. The normalized spacial score (nSPS) is 14.9. The number of halogens is 1. The highest BCUT2D eigenvalue weighted by atomic mass is 35.5. The number of nitrogens with zero attached hydrogens (tertiary/aromatic N) is 2. The fraction of sp³-hybridized carbons (Fsp3) is 0.261. The summed E-state index contributed by atoms with van der Waals surface area (Å²) in [5.74, 6) is -0.0613. The highest BCUT2D eigenvalue weighted by molar-refractivity contribution is 7.89. The highest BCUT2D eigenvalue weighted by Gasteiger charge is 2.30. The van der Waals surface area contributed by atoms with Crippen LogP contribution in [0.25, 0.3) is 10.8 Å². The number of carbonyl (C=O) groups is 1. The standard InChI is InChI=1S/C23H25N3O3S.ClH/c1-24-17-18-6-8-20(9-7-18)23(27)25-12-14-26(15-13-25)30(28,29)22-11-10-19-4-2-3-5-21(19)16-22;/h2-11,16,24H,12-15,17H2,1H3;1H. The van der Waals surface area contributed by atoms with E-state index >= 15 is 0 Å². The topological polar surface area (TPSA) is 69.7 Å². The fourth-order valence-corrected chi connectivity index (χ4v) is 5.22. The smallest absolute Gasteiger partial charge is 0.253 e. The van der Waals surface area contributed by atoms with Crippen LogP contribution < -0.4 is 5.32 Å². The van der Waals surface area contributed by atoms with Crippen molar-refractivity contribution >= 4 is 39.1 Å². The maximum Gasteiger partial charge on any atom is 0.253 e. The number of benzene rings is 3. The molecule has 1 saturated heterocycles. The molecule has 0 bridgehead atoms. The SMILES string of the molecule is CNCc1ccc(C(=O)N2CCN(S(=O)(=O)c3ccc4ccccc4c3)CC2)cc1.Cl. The molecule has 3 aromatic rings. The lowest BCUT2D eigenvalue weighted by molar-refractivity contribution is 0.0698. The Morgan fingerprint density at radius 2 is 1.55 bits per heavy atom. The first-order valence-electron chi connectivity index (χ1n) is 10.0. The Morgan fingerprint density at radius 3 is 2.19 bits per heavy atom. The minimum absolute atomic E-state index is 0. The van der Waals surface area contributed by atoms with Gasteiger partial charge in [0.05, 0.1) is 4.90 Å². The first-order valence-corrected chi connectivity index (χ1v) is 11.4. The molecule has 0 radical (unpaired) electrons. The van der Waals surface area contributed by atoms with E-state index in [-0.39, 0.29) is 18.3 Å². The van der Waals surface area contributed by atoms with Gasteiger partial charge in [0.2, 0.25) is 10.0 Å². The lowest BCUT2D eigenvalue weighted by Crippen LogP contribution is -2.50. The molecule has 8 heteroatoms. The van der Waals surface area contributed by atoms with E-state index in [2.05, 4.69) is 5.32 Å². The second-order valence-electron chi connectivity index (χ2n) is 7.43. The third kappa shape index (κ3) is 4.91. The first-order chi connectivity index (χ1) is 14.5. The monoisotopic (exact) mass is 459 g/mol. The first kappa shape index (κ1) is 23.2. The van der Waals surface area contributed by atoms with Gasteiger partial charge in [-0.05, 0) is 47.6 Å². The summed E-state index contributed by atoms with van der Waals surface area (Å²) in [6.45, 7) is 2.09. The van der Waals surface area contributed by atoms with Crippen molar-refractivity contribution in [1.82, 2.24) is 14.5 Å². The summed E-state index contributed by atoms with van der Waals surface area (Å²) in [6.07, 6.45) is 0. The Kier molecular flexibility index (Phi) is 7.33. The molecule has 1 amide bonds. The van der Waals surface area contributed by atoms with E-state index < -0.39 is 10.0 Å². The van der Waals surface area contributed by atoms with Crippen LogP contribution in [0.3, 0.4) is 0 Å². The second kappa shape index (κ2) is 9.78. The van der Waals surface area contributed by atoms with Crippen molar-refractivity contribution < 1.29 is 13.2 Å². The zero-order chi connectivity index (χ0) is 21.1. The Balaban J connectivity index is 0.00000272. The summed E-state index contributed by atoms with van der Waals surface area (Å²) < 4.78 is 27.7. The molecule has 0 aliphatic carbocycles. The lowest BCUT2D eigenvalue weighted by Gasteiger charge is -2.34. The van der Waals surface area contributed by atoms with Gasteiger partial charge >= 0.3 is 0 Å². The van der Waals surface area contributed by atoms with Crippen molar-refractivity contribution in [2.75, 3.05) is 33.2 Å². The molecule has 1 aliphatic heterocycles. The predicted molar refractivity (Wildman–Crippen MR) is 125 cm³/mol. The van der Waals surface area contributed by atoms with E-state index in [1.807, 2.05) is 61.6 Å². The molecule has 1 heterocycles. The average molecular weight is 460 g/mol. The minimum Gasteiger partial charge on any atom is -0.336 e. The third-order valence-electron chi connectivity index (χ3n) is 5.47. The van der Waals surface area contributed by atoms with Crippen molar-refractivity contribution in [2.24, 2.45) is 0 Å². The van der Waals surface area contributed by atoms with Crippen LogP contribution in [-0.2, 0) is 16.6 Å². The number of sulfonamides is 1. The van der Waals surface area contributed by atoms with Crippen molar-refractivity contribution in [1.29, 1.82) is 0 Å². The van der Waals surface area contributed by atoms with Crippen molar-refractivity contribution in [3.63, 3.8) is 0 Å². The second-order valence-corrected chi connectivity index (χ2v) is 9.37. The van der Waals surface area contributed by atoms with Gasteiger partial charge < -0.3 is 10.2 Å². The molecule has 0 spiro atoms. The van der Waals surface area contributed by atoms with Gasteiger partial charge in [0, 0.05) is 38.3 Å². The summed E-state index contributed by atoms with van der Waals surface area (Å²) in [5.41, 5.74) is 1.74. The zero-order valence-corrected chi connectivity index (χ0v) is 19.0. The molecule has 3 aromatic carbocycles. The molecule has 164 valence electrons. The summed E-state index contributed by atoms with van der Waals surface area (Å²) in [7, 11) is -1.71. The third-order valence-corrected chi connectivity index (χ3v) is 7.36. The molecular weight excluding hydrogens is 434 g/mol. The summed E-state index contributed by atoms with van der Waals surface area (Å²) in [5, 5.41) is 4.98. The van der Waals surface area contributed by atoms with Gasteiger partial charge in [0.25, 0.3) is 5.91 Å². The number of fused-ring (bicyclic) bond motifs is 1. The average Bonchev–Trinajstić information content (AvgIpc) is 2.79. The Hall–Kier alpha value is -2.45. The number of piperazine rings is 1. The van der Waals surface area contributed by atoms with Gasteiger partial charge in [-0.3, -0.25) is 4.79 Å². The maximum absolute atomic E-state index is 13.1. The zero-order valence-electron chi connectivity index (χ0n) is 17.3. The van der Waals surface area contributed by atoms with Crippen LogP contribution in [0.5, 0.6) is 0 Å². The molecule has 0 saturated carbocycles. The Morgan fingerprint density at radius 1 is 0.903 bits per heavy atom. The van der Waals surface area contributed by atoms with Gasteiger partial charge in [0.15, 0.2) is 0 Å². The largest absolute Gasteiger partial charge is 0.336 e. The summed E-state index contributed by atoms with van der Waals surface area (Å²) >= 11 is 0. The Labute approximate surface area is 189 Å². The van der Waals surface area contributed by atoms with Crippen molar-refractivity contribution in [3.8, 4) is 0 Å². The van der Waals surface area contributed by atoms with Crippen LogP contribution >= 0.6 is 12.4 Å². The minimum atomic E-state index is -3.59. The van der Waals surface area contributed by atoms with E-state index in [0.29, 0.717) is 36.6 Å². The molecule has 0 atom stereocenters. The summed E-state index contributed by atoms with van der Waals surface area (Å²) in [6, 6.07) is 20.4. The molecule has 4 rings (SSSR count). The molecule has 31 heavy (non-hydrogen) atoms. The number of nitrogens with one attached hydrogen (secondary N) is 1. The fourth-order valence-electron chi connectivity index (χ4n) is 3.76. The van der Waals surface area contributed by atoms with Gasteiger partial charge in [-0.25, -0.2) is 8.42 Å². The van der Waals surface area contributed by atoms with E-state index in [0.717, 1.165) is 22.9 Å². The van der Waals surface area contributed by atoms with Crippen LogP contribution in [-0.4, -0.2) is 56.8 Å². The number of rotatable bonds is 5. The van der Waals surface area contributed by atoms with Crippen LogP contribution in [0.1, 0.15) is 15.9 Å². The number of hydrogen-bond donors (Lipinski definition) is 1. The number of amides is 1. The molecule has 1 aliphatic rings. The maximum atomic E-state index is 13.1. The van der Waals surface area contributed by atoms with Crippen LogP contribution in [0.4, 0.5) is 0 Å². The van der Waals surface area contributed by atoms with Crippen molar-refractivity contribution in [2.45, 2.75) is 11.4 Å². The summed E-state index contributed by atoms with van der Waals surface area (Å²) in [4.78, 5) is 14.8. The molecule has 6 nitrogen and oxygen atoms in total. The predicted octanol–water partition coefficient (Wildman–Crippen LogP) is 3.13. The highest BCUT2D eigenvalue weighted by Crippen LogP contribution is 2.23. The molecule has 0 unspecified atom stereocenters. The Bertz CT molecular complexity index is 1160. The van der Waals surface area contributed by atoms with E-state index in [1.54, 1.807) is 17.0 Å². The quantitative estimate of drug-likeness (QED) is 0.636. The van der Waals surface area contributed by atoms with Crippen LogP contribution in [0, 0.1) is 0 Å². The van der Waals surface area contributed by atoms with Gasteiger partial charge in [-0.1, -0.05) is 42.5 Å². The van der Waals surface area contributed by atoms with Crippen LogP contribution in [0.15, 0.2) is 71.6 Å². The van der Waals surface area contributed by atoms with Gasteiger partial charge in [0.1, 0.15) is 0 Å². The van der Waals surface area contributed by atoms with E-state index in [9.17, 15) is 13.2 Å². The molecule has 1 N–H and O–H groups in total. The van der Waals surface area contributed by atoms with Gasteiger partial charge in [-0.15, -0.1) is 12.4 Å². The van der Waals surface area contributed by atoms with Crippen LogP contribution in [0.2, 0.25) is 0 Å². The van der Waals surface area contributed by atoms with Crippen molar-refractivity contribution in [3.05, 3.63) is 77.9 Å².